The minimum Gasteiger partial charge on any atom is -0.472 e. The Bertz CT molecular complexity index is 525. The Balaban J connectivity index is 1.51. The topological polar surface area (TPSA) is 141 Å². The Morgan fingerprint density at radius 3 is 2.50 bits per heavy atom. The van der Waals surface area contributed by atoms with Crippen molar-refractivity contribution in [1.29, 1.82) is 0 Å². The minimum absolute atomic E-state index is 0.211. The van der Waals surface area contributed by atoms with Crippen LogP contribution >= 0.6 is 0 Å². The number of hydrogen-bond acceptors (Lipinski definition) is 9. The lowest BCUT2D eigenvalue weighted by Crippen LogP contribution is -2.60. The third-order valence-electron chi connectivity index (χ3n) is 5.59. The lowest BCUT2D eigenvalue weighted by Gasteiger charge is -2.43. The van der Waals surface area contributed by atoms with Gasteiger partial charge in [0.05, 0.1) is 24.9 Å². The van der Waals surface area contributed by atoms with E-state index in [0.717, 1.165) is 0 Å². The van der Waals surface area contributed by atoms with E-state index in [9.17, 15) is 25.5 Å². The van der Waals surface area contributed by atoms with E-state index in [1.807, 2.05) is 6.92 Å². The molecule has 9 nitrogen and oxygen atoms in total. The Labute approximate surface area is 138 Å². The zero-order chi connectivity index (χ0) is 17.2. The number of rotatable bonds is 3. The molecule has 4 aliphatic rings. The summed E-state index contributed by atoms with van der Waals surface area (Å²) in [7, 11) is 0. The van der Waals surface area contributed by atoms with Crippen LogP contribution < -0.4 is 0 Å². The average Bonchev–Trinajstić information content (AvgIpc) is 3.21. The van der Waals surface area contributed by atoms with Crippen LogP contribution in [0.4, 0.5) is 0 Å². The summed E-state index contributed by atoms with van der Waals surface area (Å²) in [4.78, 5) is 0. The van der Waals surface area contributed by atoms with Crippen LogP contribution in [0.15, 0.2) is 12.3 Å². The first-order valence-corrected chi connectivity index (χ1v) is 8.02. The highest BCUT2D eigenvalue weighted by Gasteiger charge is 2.73. The molecule has 3 heterocycles. The van der Waals surface area contributed by atoms with Crippen LogP contribution in [-0.2, 0) is 18.9 Å². The van der Waals surface area contributed by atoms with E-state index >= 15 is 0 Å². The molecule has 0 aromatic carbocycles. The predicted octanol–water partition coefficient (Wildman–Crippen LogP) is -2.56. The second-order valence-corrected chi connectivity index (χ2v) is 6.98. The highest BCUT2D eigenvalue weighted by Crippen LogP contribution is 2.59. The van der Waals surface area contributed by atoms with Crippen LogP contribution in [-0.4, -0.2) is 86.9 Å². The fourth-order valence-corrected chi connectivity index (χ4v) is 4.13. The van der Waals surface area contributed by atoms with Gasteiger partial charge in [-0.25, -0.2) is 0 Å². The number of aliphatic hydroxyl groups is 5. The molecule has 0 aromatic rings. The van der Waals surface area contributed by atoms with Crippen LogP contribution in [0, 0.1) is 11.8 Å². The third kappa shape index (κ3) is 2.24. The van der Waals surface area contributed by atoms with Crippen molar-refractivity contribution in [3.05, 3.63) is 12.3 Å². The van der Waals surface area contributed by atoms with Crippen molar-refractivity contribution in [2.75, 3.05) is 6.61 Å². The molecule has 4 rings (SSSR count). The maximum atomic E-state index is 10.3. The van der Waals surface area contributed by atoms with Gasteiger partial charge in [0.2, 0.25) is 6.29 Å². The molecule has 11 atom stereocenters. The molecule has 3 aliphatic heterocycles. The average molecular weight is 346 g/mol. The molecule has 9 heteroatoms. The molecule has 0 bridgehead atoms. The van der Waals surface area contributed by atoms with Crippen LogP contribution in [0.1, 0.15) is 6.92 Å². The lowest BCUT2D eigenvalue weighted by atomic mass is 9.86. The van der Waals surface area contributed by atoms with Crippen LogP contribution in [0.3, 0.4) is 0 Å². The third-order valence-corrected chi connectivity index (χ3v) is 5.59. The van der Waals surface area contributed by atoms with Gasteiger partial charge in [-0.05, 0) is 13.0 Å². The summed E-state index contributed by atoms with van der Waals surface area (Å²) in [6.07, 6.45) is -5.48. The van der Waals surface area contributed by atoms with Gasteiger partial charge in [0.1, 0.15) is 36.1 Å². The van der Waals surface area contributed by atoms with Crippen molar-refractivity contribution in [3.8, 4) is 0 Å². The SMILES string of the molecule is C[C@]12O[C@H]1[C@@H](O)[C@H]1C=CO[C@@H](O[C@H]3O[C@H](CO)[C@@H](O)[C@H](O)[C@H]3O)[C@@H]12. The van der Waals surface area contributed by atoms with Crippen molar-refractivity contribution in [2.45, 2.75) is 61.7 Å². The maximum absolute atomic E-state index is 10.3. The van der Waals surface area contributed by atoms with E-state index in [-0.39, 0.29) is 17.9 Å². The van der Waals surface area contributed by atoms with Gasteiger partial charge in [-0.15, -0.1) is 0 Å². The van der Waals surface area contributed by atoms with Gasteiger partial charge < -0.3 is 44.5 Å². The van der Waals surface area contributed by atoms with Crippen LogP contribution in [0.2, 0.25) is 0 Å². The van der Waals surface area contributed by atoms with E-state index in [4.69, 9.17) is 18.9 Å². The van der Waals surface area contributed by atoms with Gasteiger partial charge in [-0.2, -0.15) is 0 Å². The molecule has 3 fully saturated rings. The fourth-order valence-electron chi connectivity index (χ4n) is 4.13. The van der Waals surface area contributed by atoms with E-state index in [2.05, 4.69) is 0 Å². The molecule has 0 aromatic heterocycles. The van der Waals surface area contributed by atoms with Crippen molar-refractivity contribution in [3.63, 3.8) is 0 Å². The van der Waals surface area contributed by atoms with Gasteiger partial charge in [0.15, 0.2) is 6.29 Å². The number of ether oxygens (including phenoxy) is 4. The number of aliphatic hydroxyl groups excluding tert-OH is 5. The summed E-state index contributed by atoms with van der Waals surface area (Å²) in [5.74, 6) is -0.521. The van der Waals surface area contributed by atoms with Crippen molar-refractivity contribution in [1.82, 2.24) is 0 Å². The Kier molecular flexibility index (Phi) is 3.90. The molecule has 5 N–H and O–H groups in total. The predicted molar refractivity (Wildman–Crippen MR) is 75.1 cm³/mol. The number of fused-ring (bicyclic) bond motifs is 3. The Morgan fingerprint density at radius 2 is 1.79 bits per heavy atom. The minimum atomic E-state index is -1.52. The first-order valence-electron chi connectivity index (χ1n) is 8.02. The normalized spacial score (nSPS) is 58.8. The molecule has 0 radical (unpaired) electrons. The van der Waals surface area contributed by atoms with Crippen molar-refractivity contribution < 1.29 is 44.5 Å². The summed E-state index contributed by atoms with van der Waals surface area (Å²) in [5.41, 5.74) is -0.590. The summed E-state index contributed by atoms with van der Waals surface area (Å²) >= 11 is 0. The molecule has 0 unspecified atom stereocenters. The number of epoxide rings is 1. The zero-order valence-electron chi connectivity index (χ0n) is 13.0. The molecule has 2 saturated heterocycles. The molecule has 1 saturated carbocycles. The van der Waals surface area contributed by atoms with Gasteiger partial charge in [-0.1, -0.05) is 0 Å². The van der Waals surface area contributed by atoms with Crippen LogP contribution in [0.25, 0.3) is 0 Å². The van der Waals surface area contributed by atoms with E-state index in [1.165, 1.54) is 6.26 Å². The maximum Gasteiger partial charge on any atom is 0.208 e. The highest BCUT2D eigenvalue weighted by atomic mass is 16.8. The molecule has 24 heavy (non-hydrogen) atoms. The smallest absolute Gasteiger partial charge is 0.208 e. The second kappa shape index (κ2) is 5.61. The first-order chi connectivity index (χ1) is 11.4. The van der Waals surface area contributed by atoms with E-state index in [0.29, 0.717) is 0 Å². The zero-order valence-corrected chi connectivity index (χ0v) is 13.0. The lowest BCUT2D eigenvalue weighted by molar-refractivity contribution is -0.344. The largest absolute Gasteiger partial charge is 0.472 e. The second-order valence-electron chi connectivity index (χ2n) is 6.98. The van der Waals surface area contributed by atoms with Crippen molar-refractivity contribution >= 4 is 0 Å². The molecule has 0 spiro atoms. The fraction of sp³-hybridized carbons (Fsp3) is 0.867. The Morgan fingerprint density at radius 1 is 1.04 bits per heavy atom. The molecular formula is C15H22O9. The molecule has 136 valence electrons. The Hall–Kier alpha value is -0.780. The number of hydrogen-bond donors (Lipinski definition) is 5. The summed E-state index contributed by atoms with van der Waals surface area (Å²) in [6, 6.07) is 0. The van der Waals surface area contributed by atoms with E-state index < -0.39 is 55.3 Å². The molecular weight excluding hydrogens is 324 g/mol. The summed E-state index contributed by atoms with van der Waals surface area (Å²) in [6.45, 7) is 1.32. The standard InChI is InChI=1S/C15H22O9/c1-15-7-5(8(17)12(15)24-15)2-3-21-13(7)23-14-11(20)10(19)9(18)6(4-16)22-14/h2-3,5-14,16-20H,4H2,1H3/t5-,6+,7+,8-,9+,10-,11+,12-,13-,14+,15+/m0/s1. The highest BCUT2D eigenvalue weighted by molar-refractivity contribution is 5.23. The first kappa shape index (κ1) is 16.7. The monoisotopic (exact) mass is 346 g/mol. The summed E-state index contributed by atoms with van der Waals surface area (Å²) in [5, 5.41) is 49.2. The van der Waals surface area contributed by atoms with Gasteiger partial charge in [-0.3, -0.25) is 0 Å². The van der Waals surface area contributed by atoms with Gasteiger partial charge in [0, 0.05) is 5.92 Å². The van der Waals surface area contributed by atoms with Gasteiger partial charge in [0.25, 0.3) is 0 Å². The van der Waals surface area contributed by atoms with E-state index in [1.54, 1.807) is 6.08 Å². The quantitative estimate of drug-likeness (QED) is 0.349. The molecule has 0 amide bonds. The summed E-state index contributed by atoms with van der Waals surface area (Å²) < 4.78 is 22.1. The van der Waals surface area contributed by atoms with Gasteiger partial charge >= 0.3 is 0 Å². The molecule has 1 aliphatic carbocycles. The van der Waals surface area contributed by atoms with Crippen LogP contribution in [0.5, 0.6) is 0 Å². The van der Waals surface area contributed by atoms with Crippen molar-refractivity contribution in [2.24, 2.45) is 11.8 Å².